The van der Waals surface area contributed by atoms with Crippen LogP contribution in [0.2, 0.25) is 0 Å². The first kappa shape index (κ1) is 13.9. The van der Waals surface area contributed by atoms with Gasteiger partial charge in [-0.1, -0.05) is 48.5 Å². The van der Waals surface area contributed by atoms with E-state index in [0.717, 1.165) is 32.0 Å². The van der Waals surface area contributed by atoms with Crippen LogP contribution in [0.4, 0.5) is 0 Å². The van der Waals surface area contributed by atoms with Gasteiger partial charge in [-0.2, -0.15) is 0 Å². The Morgan fingerprint density at radius 2 is 1.48 bits per heavy atom. The first-order chi connectivity index (χ1) is 11.3. The van der Waals surface area contributed by atoms with Gasteiger partial charge in [0.2, 0.25) is 0 Å². The van der Waals surface area contributed by atoms with Crippen molar-refractivity contribution in [2.45, 2.75) is 0 Å². The number of benzene rings is 3. The van der Waals surface area contributed by atoms with E-state index in [1.54, 1.807) is 23.5 Å². The van der Waals surface area contributed by atoms with Crippen LogP contribution in [0.15, 0.2) is 78.9 Å². The molecular weight excluding hydrogens is 304 g/mol. The predicted octanol–water partition coefficient (Wildman–Crippen LogP) is 6.07. The summed E-state index contributed by atoms with van der Waals surface area (Å²) in [6.45, 7) is 0. The molecule has 0 unspecified atom stereocenters. The minimum atomic E-state index is 0.268. The third kappa shape index (κ3) is 2.67. The maximum atomic E-state index is 9.76. The monoisotopic (exact) mass is 318 g/mol. The topological polar surface area (TPSA) is 29.5 Å². The highest BCUT2D eigenvalue weighted by molar-refractivity contribution is 7.22. The zero-order valence-corrected chi connectivity index (χ0v) is 13.1. The predicted molar refractivity (Wildman–Crippen MR) is 95.4 cm³/mol. The largest absolute Gasteiger partial charge is 0.508 e. The fraction of sp³-hybridized carbons (Fsp3) is 0. The molecule has 2 nitrogen and oxygen atoms in total. The van der Waals surface area contributed by atoms with Gasteiger partial charge in [-0.25, -0.2) is 0 Å². The van der Waals surface area contributed by atoms with Crippen LogP contribution in [0.25, 0.3) is 20.5 Å². The molecule has 112 valence electrons. The molecule has 1 N–H and O–H groups in total. The number of aromatic hydroxyl groups is 1. The Bertz CT molecular complexity index is 943. The number of hydrogen-bond donors (Lipinski definition) is 1. The van der Waals surface area contributed by atoms with Crippen molar-refractivity contribution in [3.63, 3.8) is 0 Å². The molecule has 3 heteroatoms. The van der Waals surface area contributed by atoms with Crippen LogP contribution in [-0.2, 0) is 0 Å². The summed E-state index contributed by atoms with van der Waals surface area (Å²) in [5.41, 5.74) is 1.11. The molecule has 0 bridgehead atoms. The van der Waals surface area contributed by atoms with Crippen LogP contribution >= 0.6 is 11.3 Å². The second kappa shape index (κ2) is 5.78. The molecule has 4 aromatic rings. The van der Waals surface area contributed by atoms with E-state index in [2.05, 4.69) is 12.1 Å². The van der Waals surface area contributed by atoms with Crippen LogP contribution in [0.3, 0.4) is 0 Å². The summed E-state index contributed by atoms with van der Waals surface area (Å²) in [5.74, 6) is 1.91. The van der Waals surface area contributed by atoms with Crippen LogP contribution in [-0.4, -0.2) is 5.11 Å². The third-order valence-corrected chi connectivity index (χ3v) is 4.81. The van der Waals surface area contributed by atoms with Crippen LogP contribution in [0.5, 0.6) is 17.2 Å². The van der Waals surface area contributed by atoms with Gasteiger partial charge in [0.25, 0.3) is 0 Å². The number of phenols is 1. The molecule has 1 heterocycles. The molecule has 0 fully saturated rings. The summed E-state index contributed by atoms with van der Waals surface area (Å²) in [4.78, 5) is 1.06. The molecule has 0 atom stereocenters. The van der Waals surface area contributed by atoms with E-state index in [1.807, 2.05) is 54.6 Å². The van der Waals surface area contributed by atoms with Crippen LogP contribution in [0, 0.1) is 0 Å². The molecule has 3 aromatic carbocycles. The molecule has 0 saturated carbocycles. The van der Waals surface area contributed by atoms with E-state index in [9.17, 15) is 5.11 Å². The van der Waals surface area contributed by atoms with Gasteiger partial charge in [0.05, 0.1) is 4.88 Å². The lowest BCUT2D eigenvalue weighted by Crippen LogP contribution is -1.84. The number of para-hydroxylation sites is 1. The Kier molecular flexibility index (Phi) is 3.48. The fourth-order valence-electron chi connectivity index (χ4n) is 2.55. The molecule has 0 amide bonds. The van der Waals surface area contributed by atoms with Gasteiger partial charge >= 0.3 is 0 Å². The van der Waals surface area contributed by atoms with Crippen molar-refractivity contribution in [3.05, 3.63) is 78.9 Å². The summed E-state index contributed by atoms with van der Waals surface area (Å²) < 4.78 is 7.19. The van der Waals surface area contributed by atoms with E-state index < -0.39 is 0 Å². The molecule has 1 aromatic heterocycles. The highest BCUT2D eigenvalue weighted by Gasteiger charge is 2.16. The lowest BCUT2D eigenvalue weighted by molar-refractivity contribution is 0.476. The van der Waals surface area contributed by atoms with Crippen molar-refractivity contribution in [1.29, 1.82) is 0 Å². The fourth-order valence-corrected chi connectivity index (χ4v) is 3.72. The van der Waals surface area contributed by atoms with E-state index in [4.69, 9.17) is 4.74 Å². The standard InChI is InChI=1S/C20H14O2S/c21-15-11-12-17-18(13-15)23-20(14-7-3-1-4-8-14)19(17)22-16-9-5-2-6-10-16/h1-13,21H. The van der Waals surface area contributed by atoms with E-state index in [-0.39, 0.29) is 5.75 Å². The zero-order valence-electron chi connectivity index (χ0n) is 12.3. The summed E-state index contributed by atoms with van der Waals surface area (Å²) >= 11 is 1.63. The molecule has 0 radical (unpaired) electrons. The highest BCUT2D eigenvalue weighted by atomic mass is 32.1. The number of thiophene rings is 1. The zero-order chi connectivity index (χ0) is 15.6. The molecule has 4 rings (SSSR count). The van der Waals surface area contributed by atoms with Gasteiger partial charge in [-0.15, -0.1) is 11.3 Å². The van der Waals surface area contributed by atoms with Crippen molar-refractivity contribution < 1.29 is 9.84 Å². The Hall–Kier alpha value is -2.78. The lowest BCUT2D eigenvalue weighted by atomic mass is 10.1. The first-order valence-electron chi connectivity index (χ1n) is 7.35. The number of phenolic OH excluding ortho intramolecular Hbond substituents is 1. The maximum absolute atomic E-state index is 9.76. The summed E-state index contributed by atoms with van der Waals surface area (Å²) in [7, 11) is 0. The number of ether oxygens (including phenoxy) is 1. The average Bonchev–Trinajstić information content (AvgIpc) is 2.94. The summed E-state index contributed by atoms with van der Waals surface area (Å²) in [5, 5.41) is 10.8. The van der Waals surface area contributed by atoms with Gasteiger partial charge < -0.3 is 9.84 Å². The molecule has 23 heavy (non-hydrogen) atoms. The van der Waals surface area contributed by atoms with E-state index >= 15 is 0 Å². The maximum Gasteiger partial charge on any atom is 0.153 e. The molecular formula is C20H14O2S. The van der Waals surface area contributed by atoms with Gasteiger partial charge in [-0.3, -0.25) is 0 Å². The Labute approximate surface area is 138 Å². The van der Waals surface area contributed by atoms with E-state index in [0.29, 0.717) is 0 Å². The van der Waals surface area contributed by atoms with Gasteiger partial charge in [0.1, 0.15) is 11.5 Å². The van der Waals surface area contributed by atoms with Crippen molar-refractivity contribution in [3.8, 4) is 27.7 Å². The molecule has 0 saturated heterocycles. The summed E-state index contributed by atoms with van der Waals surface area (Å²) in [6.07, 6.45) is 0. The quantitative estimate of drug-likeness (QED) is 0.497. The molecule has 0 spiro atoms. The Balaban J connectivity index is 1.92. The number of fused-ring (bicyclic) bond motifs is 1. The first-order valence-corrected chi connectivity index (χ1v) is 8.17. The molecule has 0 aliphatic heterocycles. The second-order valence-corrected chi connectivity index (χ2v) is 6.27. The van der Waals surface area contributed by atoms with Crippen molar-refractivity contribution >= 4 is 21.4 Å². The molecule has 0 aliphatic carbocycles. The Morgan fingerprint density at radius 3 is 2.22 bits per heavy atom. The van der Waals surface area contributed by atoms with Crippen molar-refractivity contribution in [2.24, 2.45) is 0 Å². The van der Waals surface area contributed by atoms with Gasteiger partial charge in [0, 0.05) is 10.1 Å². The van der Waals surface area contributed by atoms with Crippen molar-refractivity contribution in [1.82, 2.24) is 0 Å². The normalized spacial score (nSPS) is 10.8. The third-order valence-electron chi connectivity index (χ3n) is 3.63. The molecule has 0 aliphatic rings. The van der Waals surface area contributed by atoms with Crippen molar-refractivity contribution in [2.75, 3.05) is 0 Å². The van der Waals surface area contributed by atoms with Crippen LogP contribution < -0.4 is 4.74 Å². The lowest BCUT2D eigenvalue weighted by Gasteiger charge is -2.08. The number of rotatable bonds is 3. The Morgan fingerprint density at radius 1 is 0.783 bits per heavy atom. The van der Waals surface area contributed by atoms with Gasteiger partial charge in [-0.05, 0) is 35.9 Å². The average molecular weight is 318 g/mol. The second-order valence-electron chi connectivity index (χ2n) is 5.22. The minimum Gasteiger partial charge on any atom is -0.508 e. The number of hydrogen-bond acceptors (Lipinski definition) is 3. The van der Waals surface area contributed by atoms with Crippen LogP contribution in [0.1, 0.15) is 0 Å². The SMILES string of the molecule is Oc1ccc2c(Oc3ccccc3)c(-c3ccccc3)sc2c1. The minimum absolute atomic E-state index is 0.268. The smallest absolute Gasteiger partial charge is 0.153 e. The van der Waals surface area contributed by atoms with Gasteiger partial charge in [0.15, 0.2) is 5.75 Å². The van der Waals surface area contributed by atoms with E-state index in [1.165, 1.54) is 0 Å². The highest BCUT2D eigenvalue weighted by Crippen LogP contribution is 2.46. The summed E-state index contributed by atoms with van der Waals surface area (Å²) in [6, 6.07) is 25.3.